The SMILES string of the molecule is C1=CCC(c2cc(-c3ccc(-c4ccncc4-n4c5ccccc5c5c6sc7ccccc7c6ccc54)c(-n4c5ccccc5c5c6sc7ccccc7c6ccc54)c3)nc(-c3ccc(-c4ccncc4-n4c5ccccc5c5c6sc7ccccc7c6ccc54)c(-n4c5ccccc5c5c6sc7ccccc7c6ccc54)c3)n2)C=C1. The lowest BCUT2D eigenvalue weighted by Crippen LogP contribution is -2.06. The number of allylic oxidation sites excluding steroid dienone is 4. The molecular weight excluding hydrogens is 1490 g/mol. The quantitative estimate of drug-likeness (QED) is 0.144. The van der Waals surface area contributed by atoms with Gasteiger partial charge in [0.05, 0.1) is 90.7 Å². The summed E-state index contributed by atoms with van der Waals surface area (Å²) in [6, 6.07) is 111. The van der Waals surface area contributed by atoms with E-state index in [1.54, 1.807) is 0 Å². The van der Waals surface area contributed by atoms with Crippen LogP contribution in [0.15, 0.2) is 346 Å². The zero-order valence-electron chi connectivity index (χ0n) is 61.9. The minimum atomic E-state index is -0.0149. The van der Waals surface area contributed by atoms with Crippen molar-refractivity contribution in [1.29, 1.82) is 0 Å². The first-order valence-electron chi connectivity index (χ1n) is 39.3. The van der Waals surface area contributed by atoms with Gasteiger partial charge in [0.2, 0.25) is 0 Å². The molecule has 14 aromatic carbocycles. The minimum absolute atomic E-state index is 0.0149. The molecule has 25 aromatic rings. The van der Waals surface area contributed by atoms with Gasteiger partial charge >= 0.3 is 0 Å². The monoisotopic (exact) mass is 1550 g/mol. The second kappa shape index (κ2) is 24.8. The van der Waals surface area contributed by atoms with Crippen LogP contribution in [-0.2, 0) is 0 Å². The molecule has 11 aromatic heterocycles. The first-order valence-corrected chi connectivity index (χ1v) is 42.6. The van der Waals surface area contributed by atoms with E-state index in [1.807, 2.05) is 57.7 Å². The third kappa shape index (κ3) is 9.23. The van der Waals surface area contributed by atoms with Crippen LogP contribution in [0.5, 0.6) is 0 Å². The zero-order valence-corrected chi connectivity index (χ0v) is 65.2. The topological polar surface area (TPSA) is 71.3 Å². The largest absolute Gasteiger partial charge is 0.309 e. The number of pyridine rings is 2. The summed E-state index contributed by atoms with van der Waals surface area (Å²) < 4.78 is 20.2. The Morgan fingerprint density at radius 2 is 0.621 bits per heavy atom. The van der Waals surface area contributed by atoms with Crippen molar-refractivity contribution in [2.75, 3.05) is 0 Å². The Morgan fingerprint density at radius 1 is 0.276 bits per heavy atom. The molecule has 0 bridgehead atoms. The highest BCUT2D eigenvalue weighted by molar-refractivity contribution is 7.28. The predicted octanol–water partition coefficient (Wildman–Crippen LogP) is 29.4. The summed E-state index contributed by atoms with van der Waals surface area (Å²) in [6.45, 7) is 0. The Labute approximate surface area is 678 Å². The van der Waals surface area contributed by atoms with E-state index >= 15 is 0 Å². The van der Waals surface area contributed by atoms with Crippen LogP contribution in [-0.4, -0.2) is 38.2 Å². The van der Waals surface area contributed by atoms with Crippen LogP contribution in [0, 0.1) is 0 Å². The van der Waals surface area contributed by atoms with E-state index in [1.165, 1.54) is 124 Å². The molecule has 0 saturated heterocycles. The van der Waals surface area contributed by atoms with Crippen molar-refractivity contribution in [1.82, 2.24) is 38.2 Å². The minimum Gasteiger partial charge on any atom is -0.309 e. The van der Waals surface area contributed by atoms with Crippen LogP contribution >= 0.6 is 45.3 Å². The van der Waals surface area contributed by atoms with Crippen LogP contribution in [0.1, 0.15) is 18.0 Å². The molecule has 540 valence electrons. The smallest absolute Gasteiger partial charge is 0.160 e. The lowest BCUT2D eigenvalue weighted by Gasteiger charge is -2.21. The third-order valence-corrected chi connectivity index (χ3v) is 29.3. The molecule has 116 heavy (non-hydrogen) atoms. The van der Waals surface area contributed by atoms with Gasteiger partial charge in [-0.1, -0.05) is 218 Å². The van der Waals surface area contributed by atoms with Gasteiger partial charge in [0.15, 0.2) is 5.82 Å². The number of hydrogen-bond acceptors (Lipinski definition) is 8. The van der Waals surface area contributed by atoms with Crippen LogP contribution in [0.4, 0.5) is 0 Å². The number of hydrogen-bond donors (Lipinski definition) is 0. The van der Waals surface area contributed by atoms with Gasteiger partial charge in [-0.2, -0.15) is 0 Å². The van der Waals surface area contributed by atoms with Crippen molar-refractivity contribution < 1.29 is 0 Å². The average molecular weight is 1550 g/mol. The first kappa shape index (κ1) is 64.5. The highest BCUT2D eigenvalue weighted by atomic mass is 32.1. The third-order valence-electron chi connectivity index (χ3n) is 24.5. The Morgan fingerprint density at radius 3 is 1.01 bits per heavy atom. The molecule has 26 rings (SSSR count). The van der Waals surface area contributed by atoms with Crippen LogP contribution in [0.2, 0.25) is 0 Å². The van der Waals surface area contributed by atoms with Crippen molar-refractivity contribution in [2.24, 2.45) is 0 Å². The van der Waals surface area contributed by atoms with Gasteiger partial charge in [0.25, 0.3) is 0 Å². The van der Waals surface area contributed by atoms with Gasteiger partial charge in [-0.3, -0.25) is 9.97 Å². The summed E-state index contributed by atoms with van der Waals surface area (Å²) >= 11 is 7.51. The normalized spacial score (nSPS) is 13.5. The molecule has 0 fully saturated rings. The van der Waals surface area contributed by atoms with Crippen LogP contribution < -0.4 is 0 Å². The van der Waals surface area contributed by atoms with E-state index in [0.29, 0.717) is 5.82 Å². The zero-order chi connectivity index (χ0) is 75.5. The van der Waals surface area contributed by atoms with E-state index in [-0.39, 0.29) is 5.92 Å². The fourth-order valence-electron chi connectivity index (χ4n) is 19.5. The molecule has 0 saturated carbocycles. The molecule has 0 spiro atoms. The summed E-state index contributed by atoms with van der Waals surface area (Å²) in [5.41, 5.74) is 20.8. The van der Waals surface area contributed by atoms with Gasteiger partial charge < -0.3 is 18.3 Å². The van der Waals surface area contributed by atoms with Crippen molar-refractivity contribution in [3.05, 3.63) is 352 Å². The van der Waals surface area contributed by atoms with Gasteiger partial charge in [-0.25, -0.2) is 9.97 Å². The fourth-order valence-corrected chi connectivity index (χ4v) is 24.5. The maximum Gasteiger partial charge on any atom is 0.160 e. The van der Waals surface area contributed by atoms with E-state index in [0.717, 1.165) is 118 Å². The predicted molar refractivity (Wildman–Crippen MR) is 494 cm³/mol. The summed E-state index contributed by atoms with van der Waals surface area (Å²) in [7, 11) is 0. The molecular formula is C104H60N8S4. The molecule has 1 aliphatic rings. The van der Waals surface area contributed by atoms with Gasteiger partial charge in [0, 0.05) is 175 Å². The fraction of sp³-hybridized carbons (Fsp3) is 0.0192. The molecule has 0 amide bonds. The van der Waals surface area contributed by atoms with E-state index < -0.39 is 0 Å². The number of para-hydroxylation sites is 4. The Hall–Kier alpha value is -14.0. The maximum atomic E-state index is 5.94. The molecule has 0 aliphatic heterocycles. The summed E-state index contributed by atoms with van der Waals surface area (Å²) in [5, 5.41) is 19.9. The van der Waals surface area contributed by atoms with Crippen LogP contribution in [0.3, 0.4) is 0 Å². The van der Waals surface area contributed by atoms with Crippen molar-refractivity contribution in [3.63, 3.8) is 0 Å². The number of benzene rings is 14. The van der Waals surface area contributed by atoms with Gasteiger partial charge in [-0.05, 0) is 110 Å². The number of rotatable bonds is 9. The molecule has 8 nitrogen and oxygen atoms in total. The van der Waals surface area contributed by atoms with E-state index in [9.17, 15) is 0 Å². The molecule has 1 unspecified atom stereocenters. The summed E-state index contributed by atoms with van der Waals surface area (Å²) in [5.74, 6) is 0.620. The number of fused-ring (bicyclic) bond motifs is 28. The second-order valence-electron chi connectivity index (χ2n) is 30.6. The lowest BCUT2D eigenvalue weighted by molar-refractivity contribution is 0.811. The van der Waals surface area contributed by atoms with Crippen molar-refractivity contribution >= 4 is 213 Å². The molecule has 0 N–H and O–H groups in total. The Bertz CT molecular complexity index is 8200. The standard InChI is InChI=1S/C104H60N8S4/c1-2-20-59(21-3-1)78-56-79(60-38-40-62(88(54-60)109-80-30-12-4-26-74(80)96-84(109)46-42-70-66-22-8-16-34-92(66)113-100(70)96)64-50-52-105-57-90(64)111-82-32-14-6-28-76(82)98-86(111)48-44-72-68-24-10-18-36-94(68)115-102(72)98)108-104(107-78)61-39-41-63(89(55-61)110-81-31-13-5-27-75(81)97-85(110)47-43-71-67-23-9-17-35-93(67)114-101(71)97)65-51-53-106-58-91(65)112-83-33-15-7-29-77(83)99-87(112)49-45-73-69-25-11-19-37-95(69)116-103(73)99/h1-20,22-59H,21H2. The molecule has 12 heteroatoms. The summed E-state index contributed by atoms with van der Waals surface area (Å²) in [4.78, 5) is 21.8. The molecule has 0 radical (unpaired) electrons. The van der Waals surface area contributed by atoms with E-state index in [2.05, 4.69) is 352 Å². The average Bonchev–Trinajstić information content (AvgIpc) is 1.57. The first-order chi connectivity index (χ1) is 57.6. The van der Waals surface area contributed by atoms with Crippen LogP contribution in [0.25, 0.3) is 236 Å². The highest BCUT2D eigenvalue weighted by Gasteiger charge is 2.29. The number of thiophene rings is 4. The number of aromatic nitrogens is 8. The second-order valence-corrected chi connectivity index (χ2v) is 34.8. The molecule has 1 atom stereocenters. The van der Waals surface area contributed by atoms with Gasteiger partial charge in [-0.15, -0.1) is 45.3 Å². The molecule has 1 aliphatic carbocycles. The van der Waals surface area contributed by atoms with Crippen molar-refractivity contribution in [3.8, 4) is 67.6 Å². The van der Waals surface area contributed by atoms with Crippen molar-refractivity contribution in [2.45, 2.75) is 12.3 Å². The summed E-state index contributed by atoms with van der Waals surface area (Å²) in [6.07, 6.45) is 17.7. The van der Waals surface area contributed by atoms with Gasteiger partial charge in [0.1, 0.15) is 0 Å². The Kier molecular flexibility index (Phi) is 13.8. The molecule has 11 heterocycles. The number of nitrogens with zero attached hydrogens (tertiary/aromatic N) is 8. The highest BCUT2D eigenvalue weighted by Crippen LogP contribution is 2.52. The Balaban J connectivity index is 0.726. The maximum absolute atomic E-state index is 5.94. The van der Waals surface area contributed by atoms with E-state index in [4.69, 9.17) is 19.9 Å². The lowest BCUT2D eigenvalue weighted by atomic mass is 9.94.